The molecule has 8 heteroatoms. The lowest BCUT2D eigenvalue weighted by atomic mass is 10.1. The highest BCUT2D eigenvalue weighted by molar-refractivity contribution is 7.15. The van der Waals surface area contributed by atoms with Crippen LogP contribution in [0.3, 0.4) is 0 Å². The number of nitrogens with zero attached hydrogens (tertiary/aromatic N) is 4. The van der Waals surface area contributed by atoms with Crippen molar-refractivity contribution in [2.75, 3.05) is 12.4 Å². The molecule has 0 radical (unpaired) electrons. The molecule has 0 spiro atoms. The highest BCUT2D eigenvalue weighted by Gasteiger charge is 2.28. The maximum Gasteiger partial charge on any atom is 0.273 e. The van der Waals surface area contributed by atoms with Crippen LogP contribution in [0.25, 0.3) is 0 Å². The molecule has 1 fully saturated rings. The third kappa shape index (κ3) is 2.62. The summed E-state index contributed by atoms with van der Waals surface area (Å²) in [5, 5.41) is 17.3. The number of carbonyl (C=O) groups excluding carboxylic acids is 2. The van der Waals surface area contributed by atoms with Crippen molar-refractivity contribution in [3.05, 3.63) is 5.01 Å². The van der Waals surface area contributed by atoms with Crippen molar-refractivity contribution in [3.63, 3.8) is 0 Å². The third-order valence-electron chi connectivity index (χ3n) is 3.06. The number of rotatable bonds is 3. The number of anilines is 1. The Bertz CT molecular complexity index is 563. The van der Waals surface area contributed by atoms with E-state index < -0.39 is 0 Å². The monoisotopic (exact) mass is 279 g/mol. The van der Waals surface area contributed by atoms with Crippen LogP contribution in [-0.4, -0.2) is 39.8 Å². The van der Waals surface area contributed by atoms with Crippen molar-refractivity contribution in [3.8, 4) is 0 Å². The highest BCUT2D eigenvalue weighted by atomic mass is 32.1. The highest BCUT2D eigenvalue weighted by Crippen LogP contribution is 2.42. The van der Waals surface area contributed by atoms with E-state index in [1.54, 1.807) is 7.05 Å². The lowest BCUT2D eigenvalue weighted by Crippen LogP contribution is -2.34. The molecule has 0 atom stereocenters. The number of hydrogen-bond donors (Lipinski definition) is 1. The Morgan fingerprint density at radius 2 is 2.16 bits per heavy atom. The summed E-state index contributed by atoms with van der Waals surface area (Å²) in [6, 6.07) is 0. The summed E-state index contributed by atoms with van der Waals surface area (Å²) >= 11 is 1.41. The second-order valence-electron chi connectivity index (χ2n) is 4.64. The quantitative estimate of drug-likeness (QED) is 0.892. The van der Waals surface area contributed by atoms with Crippen LogP contribution in [0.1, 0.15) is 36.6 Å². The SMILES string of the molecule is CN1N=C(C(=O)Nc2nnc(C3CC3)s2)CCC1=O. The van der Waals surface area contributed by atoms with Gasteiger partial charge in [-0.15, -0.1) is 10.2 Å². The Morgan fingerprint density at radius 1 is 1.37 bits per heavy atom. The predicted molar refractivity (Wildman–Crippen MR) is 70.0 cm³/mol. The van der Waals surface area contributed by atoms with Crippen LogP contribution in [0.4, 0.5) is 5.13 Å². The minimum absolute atomic E-state index is 0.0801. The van der Waals surface area contributed by atoms with Crippen LogP contribution in [0.2, 0.25) is 0 Å². The fourth-order valence-corrected chi connectivity index (χ4v) is 2.69. The molecule has 100 valence electrons. The summed E-state index contributed by atoms with van der Waals surface area (Å²) in [6.07, 6.45) is 2.99. The summed E-state index contributed by atoms with van der Waals surface area (Å²) in [5.41, 5.74) is 0.352. The predicted octanol–water partition coefficient (Wildman–Crippen LogP) is 0.962. The summed E-state index contributed by atoms with van der Waals surface area (Å²) < 4.78 is 0. The number of nitrogens with one attached hydrogen (secondary N) is 1. The molecule has 7 nitrogen and oxygen atoms in total. The van der Waals surface area contributed by atoms with E-state index in [9.17, 15) is 9.59 Å². The van der Waals surface area contributed by atoms with Gasteiger partial charge in [0.2, 0.25) is 11.0 Å². The van der Waals surface area contributed by atoms with Crippen molar-refractivity contribution in [2.45, 2.75) is 31.6 Å². The van der Waals surface area contributed by atoms with E-state index in [1.807, 2.05) is 0 Å². The van der Waals surface area contributed by atoms with E-state index in [2.05, 4.69) is 20.6 Å². The fourth-order valence-electron chi connectivity index (χ4n) is 1.78. The molecule has 0 aromatic carbocycles. The maximum atomic E-state index is 12.0. The molecule has 1 aromatic heterocycles. The zero-order chi connectivity index (χ0) is 13.4. The zero-order valence-electron chi connectivity index (χ0n) is 10.4. The lowest BCUT2D eigenvalue weighted by molar-refractivity contribution is -0.130. The van der Waals surface area contributed by atoms with Crippen molar-refractivity contribution in [1.82, 2.24) is 15.2 Å². The topological polar surface area (TPSA) is 87.6 Å². The van der Waals surface area contributed by atoms with E-state index in [1.165, 1.54) is 16.3 Å². The van der Waals surface area contributed by atoms with E-state index >= 15 is 0 Å². The molecule has 3 rings (SSSR count). The summed E-state index contributed by atoms with van der Waals surface area (Å²) in [4.78, 5) is 23.2. The van der Waals surface area contributed by atoms with Gasteiger partial charge in [0, 0.05) is 25.8 Å². The average Bonchev–Trinajstić information content (AvgIpc) is 3.14. The molecule has 1 N–H and O–H groups in total. The molecular weight excluding hydrogens is 266 g/mol. The normalized spacial score (nSPS) is 19.3. The van der Waals surface area contributed by atoms with Crippen LogP contribution in [0.5, 0.6) is 0 Å². The fraction of sp³-hybridized carbons (Fsp3) is 0.545. The molecule has 19 heavy (non-hydrogen) atoms. The Balaban J connectivity index is 1.67. The molecule has 0 saturated heterocycles. The first-order valence-corrected chi connectivity index (χ1v) is 6.94. The van der Waals surface area contributed by atoms with Crippen LogP contribution in [0, 0.1) is 0 Å². The Hall–Kier alpha value is -1.83. The molecule has 1 aromatic rings. The van der Waals surface area contributed by atoms with Gasteiger partial charge in [-0.25, -0.2) is 5.01 Å². The summed E-state index contributed by atoms with van der Waals surface area (Å²) in [5.74, 6) is 0.139. The van der Waals surface area contributed by atoms with Crippen molar-refractivity contribution in [1.29, 1.82) is 0 Å². The number of hydrogen-bond acceptors (Lipinski definition) is 6. The van der Waals surface area contributed by atoms with Gasteiger partial charge in [-0.3, -0.25) is 14.9 Å². The standard InChI is InChI=1S/C11H13N5O2S/c1-16-8(17)5-4-7(15-16)9(18)12-11-14-13-10(19-11)6-2-3-6/h6H,2-5H2,1H3,(H,12,14,18). The smallest absolute Gasteiger partial charge is 0.273 e. The zero-order valence-corrected chi connectivity index (χ0v) is 11.2. The first kappa shape index (κ1) is 12.2. The van der Waals surface area contributed by atoms with Gasteiger partial charge in [-0.2, -0.15) is 5.10 Å². The number of amides is 2. The van der Waals surface area contributed by atoms with Crippen molar-refractivity contribution in [2.24, 2.45) is 5.10 Å². The molecule has 2 amide bonds. The first-order chi connectivity index (χ1) is 9.13. The van der Waals surface area contributed by atoms with E-state index in [4.69, 9.17) is 0 Å². The first-order valence-electron chi connectivity index (χ1n) is 6.12. The third-order valence-corrected chi connectivity index (χ3v) is 4.06. The summed E-state index contributed by atoms with van der Waals surface area (Å²) in [7, 11) is 1.55. The van der Waals surface area contributed by atoms with Gasteiger partial charge in [0.1, 0.15) is 10.7 Å². The van der Waals surface area contributed by atoms with E-state index in [0.29, 0.717) is 29.6 Å². The number of aromatic nitrogens is 2. The van der Waals surface area contributed by atoms with Gasteiger partial charge in [0.05, 0.1) is 0 Å². The minimum Gasteiger partial charge on any atom is -0.295 e. The average molecular weight is 279 g/mol. The molecule has 2 aliphatic rings. The van der Waals surface area contributed by atoms with Crippen LogP contribution < -0.4 is 5.32 Å². The largest absolute Gasteiger partial charge is 0.295 e. The number of carbonyl (C=O) groups is 2. The second kappa shape index (κ2) is 4.69. The molecule has 0 bridgehead atoms. The lowest BCUT2D eigenvalue weighted by Gasteiger charge is -2.18. The molecule has 1 aliphatic carbocycles. The van der Waals surface area contributed by atoms with Crippen molar-refractivity contribution < 1.29 is 9.59 Å². The van der Waals surface area contributed by atoms with Gasteiger partial charge in [0.25, 0.3) is 5.91 Å². The molecule has 1 aliphatic heterocycles. The van der Waals surface area contributed by atoms with E-state index in [0.717, 1.165) is 17.8 Å². The van der Waals surface area contributed by atoms with Gasteiger partial charge in [-0.05, 0) is 12.8 Å². The van der Waals surface area contributed by atoms with Crippen LogP contribution >= 0.6 is 11.3 Å². The Morgan fingerprint density at radius 3 is 2.84 bits per heavy atom. The van der Waals surface area contributed by atoms with Gasteiger partial charge >= 0.3 is 0 Å². The minimum atomic E-state index is -0.308. The van der Waals surface area contributed by atoms with Crippen LogP contribution in [-0.2, 0) is 9.59 Å². The second-order valence-corrected chi connectivity index (χ2v) is 5.65. The van der Waals surface area contributed by atoms with Crippen LogP contribution in [0.15, 0.2) is 5.10 Å². The molecule has 0 unspecified atom stereocenters. The molecular formula is C11H13N5O2S. The molecule has 2 heterocycles. The van der Waals surface area contributed by atoms with Gasteiger partial charge < -0.3 is 0 Å². The van der Waals surface area contributed by atoms with Gasteiger partial charge in [-0.1, -0.05) is 11.3 Å². The van der Waals surface area contributed by atoms with Crippen molar-refractivity contribution >= 4 is 34.0 Å². The Kier molecular flexibility index (Phi) is 3.02. The molecule has 1 saturated carbocycles. The maximum absolute atomic E-state index is 12.0. The number of hydrazone groups is 1. The Labute approximate surface area is 113 Å². The van der Waals surface area contributed by atoms with E-state index in [-0.39, 0.29) is 11.8 Å². The van der Waals surface area contributed by atoms with Gasteiger partial charge in [0.15, 0.2) is 0 Å². The summed E-state index contributed by atoms with van der Waals surface area (Å²) in [6.45, 7) is 0.